The summed E-state index contributed by atoms with van der Waals surface area (Å²) in [5, 5.41) is 22.0. The minimum Gasteiger partial charge on any atom is -0.394 e. The molecular weight excluding hydrogens is 462 g/mol. The van der Waals surface area contributed by atoms with Gasteiger partial charge in [-0.05, 0) is 24.5 Å². The minimum atomic E-state index is -0.154. The molecule has 0 saturated carbocycles. The molecule has 0 aliphatic heterocycles. The van der Waals surface area contributed by atoms with Crippen molar-refractivity contribution < 1.29 is 19.4 Å². The van der Waals surface area contributed by atoms with Crippen LogP contribution in [0.25, 0.3) is 0 Å². The van der Waals surface area contributed by atoms with Gasteiger partial charge in [-0.3, -0.25) is 4.79 Å². The summed E-state index contributed by atoms with van der Waals surface area (Å²) in [6.07, 6.45) is 2.08. The van der Waals surface area contributed by atoms with E-state index >= 15 is 0 Å². The molecule has 0 bridgehead atoms. The standard InChI is InChI=1S/C25H41N7O4/c1-4-5-11-27-23-30-24(32-25(31-23)29-21(18-33)19(2)3)28-13-15-36-17-16-35-14-12-26-22(34)20-9-7-6-8-10-20/h6-10,19,21,33H,4-5,11-18H2,1-3H3,(H,26,34)(H3,27,28,29,30,31,32)/t21-/m1/s1. The molecule has 2 rings (SSSR count). The molecule has 11 nitrogen and oxygen atoms in total. The first kappa shape index (κ1) is 29.2. The summed E-state index contributed by atoms with van der Waals surface area (Å²) in [6, 6.07) is 8.92. The summed E-state index contributed by atoms with van der Waals surface area (Å²) in [4.78, 5) is 25.2. The molecule has 5 N–H and O–H groups in total. The van der Waals surface area contributed by atoms with Gasteiger partial charge in [-0.15, -0.1) is 0 Å². The Morgan fingerprint density at radius 3 is 2.11 bits per heavy atom. The highest BCUT2D eigenvalue weighted by Gasteiger charge is 2.15. The molecule has 0 saturated heterocycles. The highest BCUT2D eigenvalue weighted by molar-refractivity contribution is 5.94. The van der Waals surface area contributed by atoms with Gasteiger partial charge in [-0.25, -0.2) is 0 Å². The monoisotopic (exact) mass is 503 g/mol. The number of anilines is 3. The van der Waals surface area contributed by atoms with Crippen LogP contribution >= 0.6 is 0 Å². The zero-order valence-electron chi connectivity index (χ0n) is 21.6. The average molecular weight is 504 g/mol. The minimum absolute atomic E-state index is 0.0139. The Hall–Kier alpha value is -3.02. The van der Waals surface area contributed by atoms with E-state index in [4.69, 9.17) is 9.47 Å². The summed E-state index contributed by atoms with van der Waals surface area (Å²) < 4.78 is 11.1. The number of carbonyl (C=O) groups excluding carboxylic acids is 1. The van der Waals surface area contributed by atoms with E-state index in [1.165, 1.54) is 0 Å². The molecule has 1 aromatic heterocycles. The average Bonchev–Trinajstić information content (AvgIpc) is 2.88. The van der Waals surface area contributed by atoms with Crippen molar-refractivity contribution >= 4 is 23.8 Å². The van der Waals surface area contributed by atoms with Gasteiger partial charge in [0.05, 0.1) is 39.1 Å². The highest BCUT2D eigenvalue weighted by atomic mass is 16.5. The number of amides is 1. The molecule has 0 aliphatic rings. The van der Waals surface area contributed by atoms with Crippen molar-refractivity contribution in [3.63, 3.8) is 0 Å². The largest absolute Gasteiger partial charge is 0.394 e. The Bertz CT molecular complexity index is 871. The van der Waals surface area contributed by atoms with Crippen LogP contribution in [-0.4, -0.2) is 84.7 Å². The number of aromatic nitrogens is 3. The van der Waals surface area contributed by atoms with Crippen LogP contribution in [0.4, 0.5) is 17.8 Å². The second kappa shape index (κ2) is 17.4. The number of ether oxygens (including phenoxy) is 2. The van der Waals surface area contributed by atoms with Crippen molar-refractivity contribution in [1.29, 1.82) is 0 Å². The number of benzene rings is 1. The molecule has 2 aromatic rings. The van der Waals surface area contributed by atoms with Gasteiger partial charge < -0.3 is 35.8 Å². The second-order valence-electron chi connectivity index (χ2n) is 8.54. The Morgan fingerprint density at radius 2 is 1.50 bits per heavy atom. The number of hydrogen-bond acceptors (Lipinski definition) is 10. The van der Waals surface area contributed by atoms with E-state index in [9.17, 15) is 9.90 Å². The van der Waals surface area contributed by atoms with E-state index in [0.717, 1.165) is 19.4 Å². The van der Waals surface area contributed by atoms with Crippen LogP contribution in [-0.2, 0) is 9.47 Å². The molecular formula is C25H41N7O4. The smallest absolute Gasteiger partial charge is 0.251 e. The first-order chi connectivity index (χ1) is 17.5. The number of carbonyl (C=O) groups is 1. The van der Waals surface area contributed by atoms with E-state index in [0.29, 0.717) is 62.9 Å². The Morgan fingerprint density at radius 1 is 0.889 bits per heavy atom. The number of nitrogens with zero attached hydrogens (tertiary/aromatic N) is 3. The molecule has 0 unspecified atom stereocenters. The third kappa shape index (κ3) is 11.6. The lowest BCUT2D eigenvalue weighted by atomic mass is 10.1. The van der Waals surface area contributed by atoms with Crippen molar-refractivity contribution in [3.05, 3.63) is 35.9 Å². The maximum absolute atomic E-state index is 11.9. The van der Waals surface area contributed by atoms with Crippen molar-refractivity contribution in [2.24, 2.45) is 5.92 Å². The summed E-state index contributed by atoms with van der Waals surface area (Å²) in [6.45, 7) is 9.62. The SMILES string of the molecule is CCCCNc1nc(NCCOCCOCCNC(=O)c2ccccc2)nc(N[C@H](CO)C(C)C)n1. The first-order valence-corrected chi connectivity index (χ1v) is 12.6. The molecule has 1 heterocycles. The van der Waals surface area contributed by atoms with Crippen molar-refractivity contribution in [2.75, 3.05) is 68.6 Å². The number of hydrogen-bond donors (Lipinski definition) is 5. The molecule has 1 atom stereocenters. The van der Waals surface area contributed by atoms with Crippen molar-refractivity contribution in [1.82, 2.24) is 20.3 Å². The van der Waals surface area contributed by atoms with Gasteiger partial charge in [0, 0.05) is 25.2 Å². The Labute approximate surface area is 213 Å². The van der Waals surface area contributed by atoms with Gasteiger partial charge >= 0.3 is 0 Å². The first-order valence-electron chi connectivity index (χ1n) is 12.6. The predicted octanol–water partition coefficient (Wildman–Crippen LogP) is 2.39. The van der Waals surface area contributed by atoms with Crippen LogP contribution in [0.3, 0.4) is 0 Å². The number of aliphatic hydroxyl groups excluding tert-OH is 1. The van der Waals surface area contributed by atoms with Crippen LogP contribution in [0, 0.1) is 5.92 Å². The molecule has 0 radical (unpaired) electrons. The van der Waals surface area contributed by atoms with Gasteiger partial charge in [-0.1, -0.05) is 45.4 Å². The topological polar surface area (TPSA) is 143 Å². The molecule has 0 spiro atoms. The van der Waals surface area contributed by atoms with Crippen molar-refractivity contribution in [2.45, 2.75) is 39.7 Å². The normalized spacial score (nSPS) is 11.8. The zero-order chi connectivity index (χ0) is 26.0. The third-order valence-corrected chi connectivity index (χ3v) is 5.23. The number of unbranched alkanes of at least 4 members (excludes halogenated alkanes) is 1. The van der Waals surface area contributed by atoms with Crippen LogP contribution in [0.5, 0.6) is 0 Å². The molecule has 200 valence electrons. The second-order valence-corrected chi connectivity index (χ2v) is 8.54. The lowest BCUT2D eigenvalue weighted by Crippen LogP contribution is -2.30. The summed E-state index contributed by atoms with van der Waals surface area (Å²) in [5.41, 5.74) is 0.631. The fourth-order valence-electron chi connectivity index (χ4n) is 3.05. The molecule has 0 aliphatic carbocycles. The quantitative estimate of drug-likeness (QED) is 0.181. The summed E-state index contributed by atoms with van der Waals surface area (Å²) >= 11 is 0. The molecule has 1 aromatic carbocycles. The summed E-state index contributed by atoms with van der Waals surface area (Å²) in [7, 11) is 0. The molecule has 0 fully saturated rings. The zero-order valence-corrected chi connectivity index (χ0v) is 21.6. The molecule has 11 heteroatoms. The summed E-state index contributed by atoms with van der Waals surface area (Å²) in [5.74, 6) is 1.43. The van der Waals surface area contributed by atoms with E-state index < -0.39 is 0 Å². The lowest BCUT2D eigenvalue weighted by Gasteiger charge is -2.20. The lowest BCUT2D eigenvalue weighted by molar-refractivity contribution is 0.0519. The number of rotatable bonds is 19. The molecule has 36 heavy (non-hydrogen) atoms. The van der Waals surface area contributed by atoms with E-state index in [2.05, 4.69) is 43.1 Å². The predicted molar refractivity (Wildman–Crippen MR) is 141 cm³/mol. The van der Waals surface area contributed by atoms with Crippen LogP contribution in [0.2, 0.25) is 0 Å². The maximum atomic E-state index is 11.9. The van der Waals surface area contributed by atoms with Crippen LogP contribution in [0.1, 0.15) is 44.0 Å². The van der Waals surface area contributed by atoms with Gasteiger partial charge in [0.25, 0.3) is 5.91 Å². The van der Waals surface area contributed by atoms with E-state index in [-0.39, 0.29) is 24.5 Å². The maximum Gasteiger partial charge on any atom is 0.251 e. The van der Waals surface area contributed by atoms with Crippen LogP contribution < -0.4 is 21.3 Å². The van der Waals surface area contributed by atoms with Crippen LogP contribution in [0.15, 0.2) is 30.3 Å². The van der Waals surface area contributed by atoms with E-state index in [1.807, 2.05) is 32.0 Å². The number of aliphatic hydroxyl groups is 1. The van der Waals surface area contributed by atoms with Gasteiger partial charge in [0.2, 0.25) is 17.8 Å². The Kier molecular flexibility index (Phi) is 14.1. The molecule has 1 amide bonds. The Balaban J connectivity index is 1.66. The van der Waals surface area contributed by atoms with E-state index in [1.54, 1.807) is 12.1 Å². The number of nitrogens with one attached hydrogen (secondary N) is 4. The van der Waals surface area contributed by atoms with Gasteiger partial charge in [0.1, 0.15) is 0 Å². The van der Waals surface area contributed by atoms with Gasteiger partial charge in [0.15, 0.2) is 0 Å². The fraction of sp³-hybridized carbons (Fsp3) is 0.600. The highest BCUT2D eigenvalue weighted by Crippen LogP contribution is 2.13. The fourth-order valence-corrected chi connectivity index (χ4v) is 3.05. The third-order valence-electron chi connectivity index (χ3n) is 5.23. The van der Waals surface area contributed by atoms with Crippen molar-refractivity contribution in [3.8, 4) is 0 Å². The van der Waals surface area contributed by atoms with Gasteiger partial charge in [-0.2, -0.15) is 15.0 Å².